The van der Waals surface area contributed by atoms with Crippen LogP contribution in [0.25, 0.3) is 0 Å². The van der Waals surface area contributed by atoms with Crippen LogP contribution in [0.2, 0.25) is 0 Å². The largest absolute Gasteiger partial charge is 0.469 e. The normalized spacial score (nSPS) is 25.2. The molecule has 4 atom stereocenters. The summed E-state index contributed by atoms with van der Waals surface area (Å²) in [6.07, 6.45) is 3.06. The van der Waals surface area contributed by atoms with E-state index in [4.69, 9.17) is 14.5 Å². The Morgan fingerprint density at radius 3 is 2.28 bits per heavy atom. The predicted molar refractivity (Wildman–Crippen MR) is 127 cm³/mol. The molecule has 0 radical (unpaired) electrons. The van der Waals surface area contributed by atoms with Crippen LogP contribution in [0.4, 0.5) is 0 Å². The van der Waals surface area contributed by atoms with Crippen LogP contribution in [0.1, 0.15) is 69.6 Å². The lowest BCUT2D eigenvalue weighted by molar-refractivity contribution is -0.286. The lowest BCUT2D eigenvalue weighted by Crippen LogP contribution is -2.51. The molecule has 0 N–H and O–H groups in total. The first-order valence-electron chi connectivity index (χ1n) is 11.6. The number of benzene rings is 2. The van der Waals surface area contributed by atoms with Gasteiger partial charge in [0.25, 0.3) is 0 Å². The summed E-state index contributed by atoms with van der Waals surface area (Å²) in [5.74, 6) is -0.626. The van der Waals surface area contributed by atoms with Gasteiger partial charge in [-0.3, -0.25) is 4.79 Å². The second-order valence-electron chi connectivity index (χ2n) is 10.2. The van der Waals surface area contributed by atoms with Gasteiger partial charge in [0.1, 0.15) is 0 Å². The van der Waals surface area contributed by atoms with Gasteiger partial charge in [0, 0.05) is 11.3 Å². The lowest BCUT2D eigenvalue weighted by atomic mass is 9.52. The standard InChI is InChI=1S/C28H38O4/c1-20-22-15-10-11-16-23(22)28(18-12-17-27(2,3)4,21-13-8-7-9-14-21)24(19-32-31-6)25(20)26(29)30-5/h7-11,13-16,20,24-25H,12,17-19H2,1-6H3. The predicted octanol–water partition coefficient (Wildman–Crippen LogP) is 6.29. The highest BCUT2D eigenvalue weighted by molar-refractivity contribution is 5.76. The average Bonchev–Trinajstić information content (AvgIpc) is 2.78. The zero-order valence-corrected chi connectivity index (χ0v) is 20.4. The van der Waals surface area contributed by atoms with Gasteiger partial charge in [-0.05, 0) is 40.9 Å². The Bertz CT molecular complexity index is 886. The molecule has 0 aliphatic heterocycles. The van der Waals surface area contributed by atoms with Gasteiger partial charge in [-0.25, -0.2) is 9.78 Å². The van der Waals surface area contributed by atoms with E-state index in [1.165, 1.54) is 30.9 Å². The van der Waals surface area contributed by atoms with E-state index in [1.54, 1.807) is 0 Å². The number of carbonyl (C=O) groups is 1. The highest BCUT2D eigenvalue weighted by Crippen LogP contribution is 2.56. The zero-order valence-electron chi connectivity index (χ0n) is 20.4. The summed E-state index contributed by atoms with van der Waals surface area (Å²) in [4.78, 5) is 23.8. The summed E-state index contributed by atoms with van der Waals surface area (Å²) in [5, 5.41) is 0. The van der Waals surface area contributed by atoms with Crippen molar-refractivity contribution in [1.29, 1.82) is 0 Å². The maximum atomic E-state index is 13.2. The van der Waals surface area contributed by atoms with Gasteiger partial charge in [-0.2, -0.15) is 0 Å². The van der Waals surface area contributed by atoms with E-state index in [-0.39, 0.29) is 34.6 Å². The number of rotatable bonds is 8. The maximum Gasteiger partial charge on any atom is 0.309 e. The molecule has 0 bridgehead atoms. The number of fused-ring (bicyclic) bond motifs is 1. The molecule has 0 saturated carbocycles. The van der Waals surface area contributed by atoms with Crippen molar-refractivity contribution in [3.63, 3.8) is 0 Å². The molecule has 0 aromatic heterocycles. The maximum absolute atomic E-state index is 13.2. The van der Waals surface area contributed by atoms with Crippen LogP contribution in [-0.4, -0.2) is 26.8 Å². The molecule has 1 aliphatic rings. The quantitative estimate of drug-likeness (QED) is 0.276. The van der Waals surface area contributed by atoms with Crippen LogP contribution < -0.4 is 0 Å². The molecule has 0 heterocycles. The van der Waals surface area contributed by atoms with E-state index in [0.717, 1.165) is 19.3 Å². The monoisotopic (exact) mass is 438 g/mol. The minimum absolute atomic E-state index is 0.0172. The molecular formula is C28H38O4. The van der Waals surface area contributed by atoms with Crippen molar-refractivity contribution in [3.05, 3.63) is 71.3 Å². The molecule has 0 fully saturated rings. The first-order chi connectivity index (χ1) is 15.3. The first-order valence-corrected chi connectivity index (χ1v) is 11.6. The zero-order chi connectivity index (χ0) is 23.4. The first kappa shape index (κ1) is 24.5. The molecule has 0 saturated heterocycles. The van der Waals surface area contributed by atoms with E-state index in [9.17, 15) is 4.79 Å². The van der Waals surface area contributed by atoms with E-state index in [1.807, 2.05) is 6.07 Å². The summed E-state index contributed by atoms with van der Waals surface area (Å²) < 4.78 is 5.34. The Morgan fingerprint density at radius 1 is 1.00 bits per heavy atom. The number of methoxy groups -OCH3 is 1. The van der Waals surface area contributed by atoms with Crippen molar-refractivity contribution in [2.24, 2.45) is 17.3 Å². The Kier molecular flexibility index (Phi) is 7.79. The fraction of sp³-hybridized carbons (Fsp3) is 0.536. The van der Waals surface area contributed by atoms with Crippen LogP contribution in [-0.2, 0) is 24.7 Å². The molecule has 4 unspecified atom stereocenters. The van der Waals surface area contributed by atoms with Gasteiger partial charge < -0.3 is 4.74 Å². The number of carbonyl (C=O) groups excluding carboxylic acids is 1. The third-order valence-corrected chi connectivity index (χ3v) is 7.16. The molecule has 4 nitrogen and oxygen atoms in total. The summed E-state index contributed by atoms with van der Waals surface area (Å²) in [7, 11) is 3.00. The Balaban J connectivity index is 2.26. The summed E-state index contributed by atoms with van der Waals surface area (Å²) in [5.41, 5.74) is 3.58. The molecule has 4 heteroatoms. The van der Waals surface area contributed by atoms with E-state index >= 15 is 0 Å². The summed E-state index contributed by atoms with van der Waals surface area (Å²) in [6, 6.07) is 19.2. The highest BCUT2D eigenvalue weighted by Gasteiger charge is 2.54. The van der Waals surface area contributed by atoms with Crippen LogP contribution in [0.5, 0.6) is 0 Å². The molecule has 1 aliphatic carbocycles. The van der Waals surface area contributed by atoms with Crippen molar-refractivity contribution in [3.8, 4) is 0 Å². The number of hydrogen-bond donors (Lipinski definition) is 0. The van der Waals surface area contributed by atoms with Crippen molar-refractivity contribution in [2.75, 3.05) is 20.8 Å². The van der Waals surface area contributed by atoms with Gasteiger partial charge in [-0.15, -0.1) is 0 Å². The van der Waals surface area contributed by atoms with Crippen molar-refractivity contribution in [2.45, 2.75) is 58.3 Å². The minimum atomic E-state index is -0.382. The molecular weight excluding hydrogens is 400 g/mol. The fourth-order valence-electron chi connectivity index (χ4n) is 5.71. The van der Waals surface area contributed by atoms with E-state index in [2.05, 4.69) is 76.2 Å². The van der Waals surface area contributed by atoms with E-state index < -0.39 is 0 Å². The third-order valence-electron chi connectivity index (χ3n) is 7.16. The second kappa shape index (κ2) is 10.2. The topological polar surface area (TPSA) is 44.8 Å². The SMILES string of the molecule is COOCC1C(C(=O)OC)C(C)c2ccccc2C1(CCCC(C)(C)C)c1ccccc1. The smallest absolute Gasteiger partial charge is 0.309 e. The molecule has 3 rings (SSSR count). The molecule has 32 heavy (non-hydrogen) atoms. The third kappa shape index (κ3) is 4.77. The van der Waals surface area contributed by atoms with Gasteiger partial charge in [0.2, 0.25) is 0 Å². The summed E-state index contributed by atoms with van der Waals surface area (Å²) in [6.45, 7) is 9.29. The van der Waals surface area contributed by atoms with Gasteiger partial charge in [-0.1, -0.05) is 88.7 Å². The van der Waals surface area contributed by atoms with Crippen LogP contribution >= 0.6 is 0 Å². The Labute approximate surface area is 193 Å². The second-order valence-corrected chi connectivity index (χ2v) is 10.2. The number of hydrogen-bond acceptors (Lipinski definition) is 4. The van der Waals surface area contributed by atoms with Gasteiger partial charge in [0.05, 0.1) is 26.7 Å². The van der Waals surface area contributed by atoms with Crippen LogP contribution in [0, 0.1) is 17.3 Å². The Morgan fingerprint density at radius 2 is 1.66 bits per heavy atom. The molecule has 2 aromatic carbocycles. The highest BCUT2D eigenvalue weighted by atomic mass is 17.2. The van der Waals surface area contributed by atoms with Crippen LogP contribution in [0.15, 0.2) is 54.6 Å². The average molecular weight is 439 g/mol. The van der Waals surface area contributed by atoms with Gasteiger partial charge >= 0.3 is 5.97 Å². The number of ether oxygens (including phenoxy) is 1. The van der Waals surface area contributed by atoms with Crippen molar-refractivity contribution >= 4 is 5.97 Å². The molecule has 0 amide bonds. The molecule has 174 valence electrons. The van der Waals surface area contributed by atoms with E-state index in [0.29, 0.717) is 6.61 Å². The molecule has 0 spiro atoms. The van der Waals surface area contributed by atoms with Gasteiger partial charge in [0.15, 0.2) is 0 Å². The minimum Gasteiger partial charge on any atom is -0.469 e. The molecule has 2 aromatic rings. The fourth-order valence-corrected chi connectivity index (χ4v) is 5.71. The Hall–Kier alpha value is -2.17. The van der Waals surface area contributed by atoms with Crippen molar-refractivity contribution in [1.82, 2.24) is 0 Å². The van der Waals surface area contributed by atoms with Crippen molar-refractivity contribution < 1.29 is 19.3 Å². The summed E-state index contributed by atoms with van der Waals surface area (Å²) >= 11 is 0. The lowest BCUT2D eigenvalue weighted by Gasteiger charge is -2.51. The number of esters is 1. The van der Waals surface area contributed by atoms with Crippen LogP contribution in [0.3, 0.4) is 0 Å².